The van der Waals surface area contributed by atoms with Crippen molar-refractivity contribution in [2.24, 2.45) is 23.3 Å². The molecular formula is C99H119N13O14. The molecule has 27 heteroatoms. The fourth-order valence-electron chi connectivity index (χ4n) is 15.4. The maximum Gasteiger partial charge on any atom is 0.411 e. The number of hydrogen-bond acceptors (Lipinski definition) is 19. The van der Waals surface area contributed by atoms with Gasteiger partial charge in [-0.15, -0.1) is 0 Å². The van der Waals surface area contributed by atoms with E-state index in [1.54, 1.807) is 41.1 Å². The summed E-state index contributed by atoms with van der Waals surface area (Å²) < 4.78 is 17.1. The number of benzene rings is 9. The Balaban J connectivity index is 0.000000181. The van der Waals surface area contributed by atoms with Gasteiger partial charge in [-0.25, -0.2) is 19.2 Å². The zero-order chi connectivity index (χ0) is 89.4. The van der Waals surface area contributed by atoms with Crippen LogP contribution in [0.15, 0.2) is 237 Å². The Morgan fingerprint density at radius 2 is 0.706 bits per heavy atom. The van der Waals surface area contributed by atoms with Crippen LogP contribution in [0.3, 0.4) is 0 Å². The number of rotatable bonds is 27. The number of nitrogens with one attached hydrogen (secondary N) is 5. The molecule has 5 aliphatic heterocycles. The molecule has 9 aromatic carbocycles. The van der Waals surface area contributed by atoms with Gasteiger partial charge in [-0.1, -0.05) is 182 Å². The topological polar surface area (TPSA) is 350 Å². The van der Waals surface area contributed by atoms with E-state index in [1.165, 1.54) is 24.3 Å². The zero-order valence-electron chi connectivity index (χ0n) is 72.2. The monoisotopic (exact) mass is 1710 g/mol. The van der Waals surface area contributed by atoms with Crippen LogP contribution in [0.4, 0.5) is 31.4 Å². The standard InChI is InChI=1S/C35H43N5O4.C29H31N3O4.C21H27N3O2.C8H6O3.C6H12N2O/c1-38(34(42)29-13-11-26(12-14-29)25-40-19-15-28(16-20-40)33(36)41)23-24-39-21-17-30(18-22-39)44-35(43)37-32-10-6-5-9-31(32)27-7-3-2-4-8-27;1-31(28(34)24-13-11-22(21-33)12-14-24)19-20-32-17-15-25(16-18-32)36-29(35)30-27-10-6-5-9-26(27)23-7-3-2-4-8-23;1-22-13-16-24-14-11-18(12-15-24)26-21(25)23-20-10-6-5-9-19(20)17-7-3-2-4-8-17;9-5-6-1-3-7(4-2-6)8(10)11;7-6(9)5-1-3-8-4-2-5/h2-14,28,30H,15-25H2,1H3,(H2,36,41)(H,37,43);2-14,21,25H,15-20H2,1H3,(H,30,35);2-10,18,22H,11-16H2,1H3,(H,23,25);1-5H,(H,10,11);5,8H,1-4H2,(H2,7,9). The molecule has 5 heterocycles. The minimum absolute atomic E-state index is 0.00416. The highest BCUT2D eigenvalue weighted by atomic mass is 16.6. The van der Waals surface area contributed by atoms with Crippen molar-refractivity contribution in [3.63, 3.8) is 0 Å². The molecule has 664 valence electrons. The molecule has 9 aromatic rings. The largest absolute Gasteiger partial charge is 0.478 e. The Bertz CT molecular complexity index is 4920. The van der Waals surface area contributed by atoms with Crippen LogP contribution in [0.1, 0.15) is 122 Å². The highest BCUT2D eigenvalue weighted by molar-refractivity contribution is 5.96. The summed E-state index contributed by atoms with van der Waals surface area (Å²) >= 11 is 0. The first kappa shape index (κ1) is 95.5. The van der Waals surface area contributed by atoms with Gasteiger partial charge in [-0.3, -0.25) is 49.6 Å². The number of amides is 7. The smallest absolute Gasteiger partial charge is 0.411 e. The summed E-state index contributed by atoms with van der Waals surface area (Å²) in [6.45, 7) is 14.3. The minimum atomic E-state index is -0.984. The molecule has 0 aromatic heterocycles. The molecule has 0 radical (unpaired) electrons. The van der Waals surface area contributed by atoms with Gasteiger partial charge in [0.1, 0.15) is 30.9 Å². The van der Waals surface area contributed by atoms with Gasteiger partial charge in [-0.05, 0) is 174 Å². The third kappa shape index (κ3) is 31.2. The molecule has 14 rings (SSSR count). The van der Waals surface area contributed by atoms with E-state index in [4.69, 9.17) is 30.8 Å². The average molecular weight is 1720 g/mol. The molecule has 0 aliphatic carbocycles. The highest BCUT2D eigenvalue weighted by Crippen LogP contribution is 2.32. The number of hydrogen-bond donors (Lipinski definition) is 8. The first-order chi connectivity index (χ1) is 61.2. The lowest BCUT2D eigenvalue weighted by molar-refractivity contribution is -0.123. The number of carboxylic acids is 1. The van der Waals surface area contributed by atoms with Gasteiger partial charge in [-0.2, -0.15) is 0 Å². The molecule has 126 heavy (non-hydrogen) atoms. The molecule has 0 spiro atoms. The number of ether oxygens (including phenoxy) is 3. The van der Waals surface area contributed by atoms with Gasteiger partial charge in [0, 0.05) is 150 Å². The Hall–Kier alpha value is -12.8. The first-order valence-electron chi connectivity index (χ1n) is 43.3. The van der Waals surface area contributed by atoms with E-state index >= 15 is 0 Å². The third-order valence-corrected chi connectivity index (χ3v) is 23.0. The maximum atomic E-state index is 13.0. The summed E-state index contributed by atoms with van der Waals surface area (Å²) in [6.07, 6.45) is 8.12. The van der Waals surface area contributed by atoms with Crippen LogP contribution in [-0.2, 0) is 30.3 Å². The van der Waals surface area contributed by atoms with Gasteiger partial charge < -0.3 is 65.9 Å². The quantitative estimate of drug-likeness (QED) is 0.0175. The lowest BCUT2D eigenvalue weighted by atomic mass is 9.96. The molecule has 5 aliphatic rings. The Labute approximate surface area is 738 Å². The molecular weight excluding hydrogens is 1600 g/mol. The Morgan fingerprint density at radius 1 is 0.397 bits per heavy atom. The third-order valence-electron chi connectivity index (χ3n) is 23.0. The minimum Gasteiger partial charge on any atom is -0.478 e. The Morgan fingerprint density at radius 3 is 1.03 bits per heavy atom. The van der Waals surface area contributed by atoms with Crippen LogP contribution < -0.4 is 38.1 Å². The summed E-state index contributed by atoms with van der Waals surface area (Å²) in [6, 6.07) is 73.3. The maximum absolute atomic E-state index is 13.0. The molecule has 5 fully saturated rings. The number of carbonyl (C=O) groups is 10. The highest BCUT2D eigenvalue weighted by Gasteiger charge is 2.29. The van der Waals surface area contributed by atoms with Crippen LogP contribution >= 0.6 is 0 Å². The summed E-state index contributed by atoms with van der Waals surface area (Å²) in [5, 5.41) is 23.5. The van der Waals surface area contributed by atoms with Crippen molar-refractivity contribution >= 4 is 77.5 Å². The molecule has 0 saturated carbocycles. The second-order valence-electron chi connectivity index (χ2n) is 31.9. The lowest BCUT2D eigenvalue weighted by Crippen LogP contribution is -2.42. The number of nitrogens with zero attached hydrogens (tertiary/aromatic N) is 6. The number of anilines is 3. The SMILES string of the molecule is CN(CCN1CCC(OC(=O)Nc2ccccc2-c2ccccc2)CC1)C(=O)c1ccc(C=O)cc1.CN(CCN1CCC(OC(=O)Nc2ccccc2-c2ccccc2)CC1)C(=O)c1ccc(CN2CCC(C(N)=O)CC2)cc1.CNCCN1CCC(OC(=O)Nc2ccccc2-c2ccccc2)CC1.NC(=O)C1CCNCC1.O=Cc1ccc(C(=O)O)cc1. The molecule has 5 saturated heterocycles. The molecule has 0 atom stereocenters. The number of aldehydes is 2. The van der Waals surface area contributed by atoms with Crippen molar-refractivity contribution in [3.8, 4) is 33.4 Å². The van der Waals surface area contributed by atoms with Crippen LogP contribution in [-0.4, -0.2) is 239 Å². The van der Waals surface area contributed by atoms with Crippen molar-refractivity contribution in [2.45, 2.75) is 89.1 Å². The molecule has 27 nitrogen and oxygen atoms in total. The lowest BCUT2D eigenvalue weighted by Gasteiger charge is -2.32. The number of carboxylic acid groups (broad SMARTS) is 1. The van der Waals surface area contributed by atoms with Crippen molar-refractivity contribution in [3.05, 3.63) is 270 Å². The van der Waals surface area contributed by atoms with E-state index in [2.05, 4.69) is 46.2 Å². The zero-order valence-corrected chi connectivity index (χ0v) is 72.2. The van der Waals surface area contributed by atoms with Gasteiger partial charge in [0.25, 0.3) is 11.8 Å². The summed E-state index contributed by atoms with van der Waals surface area (Å²) in [5.41, 5.74) is 22.4. The van der Waals surface area contributed by atoms with Crippen molar-refractivity contribution in [2.75, 3.05) is 142 Å². The second-order valence-corrected chi connectivity index (χ2v) is 31.9. The van der Waals surface area contributed by atoms with Gasteiger partial charge in [0.05, 0.1) is 22.6 Å². The van der Waals surface area contributed by atoms with E-state index in [1.807, 2.05) is 202 Å². The first-order valence-corrected chi connectivity index (χ1v) is 43.3. The number of primary amides is 2. The number of para-hydroxylation sites is 3. The van der Waals surface area contributed by atoms with E-state index in [0.717, 1.165) is 225 Å². The van der Waals surface area contributed by atoms with Crippen LogP contribution in [0.2, 0.25) is 0 Å². The molecule has 0 bridgehead atoms. The Kier molecular flexibility index (Phi) is 38.5. The van der Waals surface area contributed by atoms with Crippen molar-refractivity contribution in [1.82, 2.24) is 40.0 Å². The summed E-state index contributed by atoms with van der Waals surface area (Å²) in [7, 11) is 5.59. The number of aromatic carboxylic acids is 1. The predicted octanol–water partition coefficient (Wildman–Crippen LogP) is 14.0. The number of carbonyl (C=O) groups excluding carboxylic acids is 9. The summed E-state index contributed by atoms with van der Waals surface area (Å²) in [5.74, 6) is -1.27. The van der Waals surface area contributed by atoms with Gasteiger partial charge >= 0.3 is 24.2 Å². The second kappa shape index (κ2) is 50.9. The number of likely N-dealkylation sites (tertiary alicyclic amines) is 4. The number of piperidine rings is 5. The van der Waals surface area contributed by atoms with E-state index in [-0.39, 0.29) is 65.4 Å². The fourth-order valence-corrected chi connectivity index (χ4v) is 15.4. The van der Waals surface area contributed by atoms with Crippen LogP contribution in [0.5, 0.6) is 0 Å². The summed E-state index contributed by atoms with van der Waals surface area (Å²) in [4.78, 5) is 129. The van der Waals surface area contributed by atoms with E-state index < -0.39 is 18.2 Å². The van der Waals surface area contributed by atoms with E-state index in [0.29, 0.717) is 41.6 Å². The normalized spacial score (nSPS) is 15.5. The van der Waals surface area contributed by atoms with Gasteiger partial charge in [0.15, 0.2) is 0 Å². The average Bonchev–Trinajstić information content (AvgIpc) is 0.837. The molecule has 0 unspecified atom stereocenters. The van der Waals surface area contributed by atoms with E-state index in [9.17, 15) is 47.9 Å². The van der Waals surface area contributed by atoms with Crippen molar-refractivity contribution in [1.29, 1.82) is 0 Å². The van der Waals surface area contributed by atoms with Crippen LogP contribution in [0, 0.1) is 11.8 Å². The fraction of sp³-hybridized carbons (Fsp3) is 0.354. The molecule has 7 amide bonds. The van der Waals surface area contributed by atoms with Crippen molar-refractivity contribution < 1.29 is 67.3 Å². The predicted molar refractivity (Wildman–Crippen MR) is 491 cm³/mol. The molecule has 10 N–H and O–H groups in total. The van der Waals surface area contributed by atoms with Crippen LogP contribution in [0.25, 0.3) is 33.4 Å². The number of likely N-dealkylation sites (N-methyl/N-ethyl adjacent to an activating group) is 3. The number of nitrogens with two attached hydrogens (primary N) is 2. The van der Waals surface area contributed by atoms with Gasteiger partial charge in [0.2, 0.25) is 11.8 Å².